The zero-order valence-corrected chi connectivity index (χ0v) is 16.5. The molecule has 27 heavy (non-hydrogen) atoms. The summed E-state index contributed by atoms with van der Waals surface area (Å²) in [5.41, 5.74) is 2.24. The van der Waals surface area contributed by atoms with Crippen LogP contribution in [0, 0.1) is 0 Å². The third-order valence-electron chi connectivity index (χ3n) is 4.27. The SMILES string of the molecule is COC(=O)[C@@H](CCSC)NC(=O)NCC(c1ccccc1)c1ccccc1. The molecule has 0 saturated heterocycles. The molecular weight excluding hydrogens is 360 g/mol. The number of ether oxygens (including phenoxy) is 1. The van der Waals surface area contributed by atoms with Crippen LogP contribution in [-0.2, 0) is 9.53 Å². The van der Waals surface area contributed by atoms with Gasteiger partial charge in [0.25, 0.3) is 0 Å². The van der Waals surface area contributed by atoms with Gasteiger partial charge in [-0.25, -0.2) is 9.59 Å². The normalized spacial score (nSPS) is 11.7. The Morgan fingerprint density at radius 1 is 1.00 bits per heavy atom. The number of carbonyl (C=O) groups is 2. The van der Waals surface area contributed by atoms with E-state index in [4.69, 9.17) is 4.74 Å². The third-order valence-corrected chi connectivity index (χ3v) is 4.92. The average molecular weight is 387 g/mol. The van der Waals surface area contributed by atoms with Gasteiger partial charge in [-0.2, -0.15) is 11.8 Å². The molecule has 2 rings (SSSR count). The summed E-state index contributed by atoms with van der Waals surface area (Å²) < 4.78 is 4.78. The molecular formula is C21H26N2O3S. The second-order valence-corrected chi connectivity index (χ2v) is 7.07. The molecule has 0 aromatic heterocycles. The minimum Gasteiger partial charge on any atom is -0.467 e. The Bertz CT molecular complexity index is 670. The molecule has 0 heterocycles. The first kappa shape index (κ1) is 20.8. The molecule has 2 aromatic carbocycles. The fraction of sp³-hybridized carbons (Fsp3) is 0.333. The molecule has 2 N–H and O–H groups in total. The Morgan fingerprint density at radius 3 is 2.04 bits per heavy atom. The molecule has 0 radical (unpaired) electrons. The highest BCUT2D eigenvalue weighted by Crippen LogP contribution is 2.23. The summed E-state index contributed by atoms with van der Waals surface area (Å²) in [7, 11) is 1.33. The lowest BCUT2D eigenvalue weighted by Gasteiger charge is -2.21. The number of hydrogen-bond acceptors (Lipinski definition) is 4. The predicted octanol–water partition coefficient (Wildman–Crippen LogP) is 3.41. The molecule has 0 aliphatic rings. The van der Waals surface area contributed by atoms with Gasteiger partial charge in [-0.1, -0.05) is 60.7 Å². The van der Waals surface area contributed by atoms with Crippen molar-refractivity contribution in [3.05, 3.63) is 71.8 Å². The van der Waals surface area contributed by atoms with Crippen molar-refractivity contribution in [2.75, 3.05) is 25.7 Å². The first-order chi connectivity index (χ1) is 13.2. The van der Waals surface area contributed by atoms with Gasteiger partial charge >= 0.3 is 12.0 Å². The summed E-state index contributed by atoms with van der Waals surface area (Å²) in [5, 5.41) is 5.62. The van der Waals surface area contributed by atoms with Crippen molar-refractivity contribution in [1.29, 1.82) is 0 Å². The lowest BCUT2D eigenvalue weighted by molar-refractivity contribution is -0.142. The van der Waals surface area contributed by atoms with Crippen LogP contribution in [0.2, 0.25) is 0 Å². The van der Waals surface area contributed by atoms with Crippen LogP contribution in [0.15, 0.2) is 60.7 Å². The molecule has 2 amide bonds. The fourth-order valence-electron chi connectivity index (χ4n) is 2.83. The first-order valence-corrected chi connectivity index (χ1v) is 10.3. The summed E-state index contributed by atoms with van der Waals surface area (Å²) in [6.45, 7) is 0.427. The molecule has 144 valence electrons. The van der Waals surface area contributed by atoms with E-state index < -0.39 is 12.0 Å². The number of amides is 2. The molecule has 0 fully saturated rings. The van der Waals surface area contributed by atoms with Crippen LogP contribution in [-0.4, -0.2) is 43.7 Å². The number of methoxy groups -OCH3 is 1. The highest BCUT2D eigenvalue weighted by Gasteiger charge is 2.22. The lowest BCUT2D eigenvalue weighted by atomic mass is 9.91. The molecule has 0 bridgehead atoms. The summed E-state index contributed by atoms with van der Waals surface area (Å²) in [6.07, 6.45) is 2.49. The van der Waals surface area contributed by atoms with E-state index >= 15 is 0 Å². The van der Waals surface area contributed by atoms with Gasteiger partial charge in [-0.15, -0.1) is 0 Å². The van der Waals surface area contributed by atoms with E-state index in [9.17, 15) is 9.59 Å². The Hall–Kier alpha value is -2.47. The second kappa shape index (κ2) is 11.3. The van der Waals surface area contributed by atoms with Crippen molar-refractivity contribution in [2.24, 2.45) is 0 Å². The van der Waals surface area contributed by atoms with Crippen LogP contribution in [0.5, 0.6) is 0 Å². The molecule has 5 nitrogen and oxygen atoms in total. The maximum atomic E-state index is 12.4. The number of nitrogens with one attached hydrogen (secondary N) is 2. The first-order valence-electron chi connectivity index (χ1n) is 8.86. The summed E-state index contributed by atoms with van der Waals surface area (Å²) >= 11 is 1.62. The van der Waals surface area contributed by atoms with Crippen LogP contribution in [0.4, 0.5) is 4.79 Å². The van der Waals surface area contributed by atoms with E-state index in [2.05, 4.69) is 10.6 Å². The zero-order chi connectivity index (χ0) is 19.5. The highest BCUT2D eigenvalue weighted by molar-refractivity contribution is 7.98. The van der Waals surface area contributed by atoms with Gasteiger partial charge in [0.1, 0.15) is 6.04 Å². The van der Waals surface area contributed by atoms with Crippen LogP contribution in [0.25, 0.3) is 0 Å². The standard InChI is InChI=1S/C21H26N2O3S/c1-26-20(24)19(13-14-27-2)23-21(25)22-15-18(16-9-5-3-6-10-16)17-11-7-4-8-12-17/h3-12,18-19H,13-15H2,1-2H3,(H2,22,23,25)/t19-/m1/s1. The fourth-order valence-corrected chi connectivity index (χ4v) is 3.30. The van der Waals surface area contributed by atoms with Crippen LogP contribution in [0.3, 0.4) is 0 Å². The second-order valence-electron chi connectivity index (χ2n) is 6.09. The molecule has 0 unspecified atom stereocenters. The molecule has 0 saturated carbocycles. The van der Waals surface area contributed by atoms with Gasteiger partial charge in [0, 0.05) is 12.5 Å². The zero-order valence-electron chi connectivity index (χ0n) is 15.7. The maximum Gasteiger partial charge on any atom is 0.328 e. The summed E-state index contributed by atoms with van der Waals surface area (Å²) in [4.78, 5) is 24.2. The van der Waals surface area contributed by atoms with E-state index in [1.807, 2.05) is 66.9 Å². The van der Waals surface area contributed by atoms with Gasteiger partial charge in [0.05, 0.1) is 7.11 Å². The minimum absolute atomic E-state index is 0.0286. The van der Waals surface area contributed by atoms with Crippen molar-refractivity contribution in [3.63, 3.8) is 0 Å². The summed E-state index contributed by atoms with van der Waals surface area (Å²) in [5.74, 6) is 0.360. The maximum absolute atomic E-state index is 12.4. The van der Waals surface area contributed by atoms with Crippen LogP contribution >= 0.6 is 11.8 Å². The number of urea groups is 1. The molecule has 0 spiro atoms. The van der Waals surface area contributed by atoms with Crippen LogP contribution in [0.1, 0.15) is 23.5 Å². The quantitative estimate of drug-likeness (QED) is 0.648. The van der Waals surface area contributed by atoms with Crippen molar-refractivity contribution >= 4 is 23.8 Å². The number of esters is 1. The number of rotatable bonds is 9. The van der Waals surface area contributed by atoms with E-state index in [1.54, 1.807) is 11.8 Å². The van der Waals surface area contributed by atoms with E-state index in [-0.39, 0.29) is 11.9 Å². The lowest BCUT2D eigenvalue weighted by Crippen LogP contribution is -2.47. The Balaban J connectivity index is 2.03. The summed E-state index contributed by atoms with van der Waals surface area (Å²) in [6, 6.07) is 19.1. The minimum atomic E-state index is -0.644. The topological polar surface area (TPSA) is 67.4 Å². The van der Waals surface area contributed by atoms with Gasteiger partial charge in [-0.3, -0.25) is 0 Å². The van der Waals surface area contributed by atoms with Gasteiger partial charge in [0.2, 0.25) is 0 Å². The average Bonchev–Trinajstić information content (AvgIpc) is 2.72. The van der Waals surface area contributed by atoms with Crippen molar-refractivity contribution in [1.82, 2.24) is 10.6 Å². The highest BCUT2D eigenvalue weighted by atomic mass is 32.2. The van der Waals surface area contributed by atoms with Gasteiger partial charge in [0.15, 0.2) is 0 Å². The van der Waals surface area contributed by atoms with Crippen molar-refractivity contribution in [2.45, 2.75) is 18.4 Å². The number of hydrogen-bond donors (Lipinski definition) is 2. The molecule has 1 atom stereocenters. The largest absolute Gasteiger partial charge is 0.467 e. The van der Waals surface area contributed by atoms with E-state index in [1.165, 1.54) is 7.11 Å². The van der Waals surface area contributed by atoms with Crippen molar-refractivity contribution in [3.8, 4) is 0 Å². The number of carbonyl (C=O) groups excluding carboxylic acids is 2. The Morgan fingerprint density at radius 2 is 1.56 bits per heavy atom. The van der Waals surface area contributed by atoms with E-state index in [0.29, 0.717) is 13.0 Å². The molecule has 6 heteroatoms. The number of benzene rings is 2. The monoisotopic (exact) mass is 386 g/mol. The molecule has 0 aliphatic carbocycles. The smallest absolute Gasteiger partial charge is 0.328 e. The van der Waals surface area contributed by atoms with Gasteiger partial charge < -0.3 is 15.4 Å². The third kappa shape index (κ3) is 6.64. The van der Waals surface area contributed by atoms with E-state index in [0.717, 1.165) is 16.9 Å². The molecule has 2 aromatic rings. The number of thioether (sulfide) groups is 1. The van der Waals surface area contributed by atoms with Crippen molar-refractivity contribution < 1.29 is 14.3 Å². The Kier molecular flexibility index (Phi) is 8.71. The predicted molar refractivity (Wildman–Crippen MR) is 110 cm³/mol. The molecule has 0 aliphatic heterocycles. The Labute approximate surface area is 164 Å². The van der Waals surface area contributed by atoms with Crippen LogP contribution < -0.4 is 10.6 Å². The van der Waals surface area contributed by atoms with Gasteiger partial charge in [-0.05, 0) is 29.6 Å².